The highest BCUT2D eigenvalue weighted by Gasteiger charge is 2.42. The summed E-state index contributed by atoms with van der Waals surface area (Å²) in [6, 6.07) is -0.576. The zero-order chi connectivity index (χ0) is 18.7. The number of rotatable bonds is 6. The van der Waals surface area contributed by atoms with E-state index in [0.717, 1.165) is 0 Å². The van der Waals surface area contributed by atoms with E-state index in [0.29, 0.717) is 6.42 Å². The fourth-order valence-corrected chi connectivity index (χ4v) is 3.03. The highest BCUT2D eigenvalue weighted by atomic mass is 16.5. The molecular formula is C16H29N3O5. The molecule has 1 unspecified atom stereocenters. The third-order valence-corrected chi connectivity index (χ3v) is 4.10. The molecule has 0 fully saturated rings. The van der Waals surface area contributed by atoms with Gasteiger partial charge in [0.1, 0.15) is 6.10 Å². The summed E-state index contributed by atoms with van der Waals surface area (Å²) in [7, 11) is 0. The number of carboxylic acids is 1. The molecule has 1 aliphatic rings. The second-order valence-electron chi connectivity index (χ2n) is 7.50. The quantitative estimate of drug-likeness (QED) is 0.337. The van der Waals surface area contributed by atoms with Crippen LogP contribution in [0.2, 0.25) is 0 Å². The molecule has 0 amide bonds. The van der Waals surface area contributed by atoms with Gasteiger partial charge in [0.15, 0.2) is 5.96 Å². The largest absolute Gasteiger partial charge is 0.483 e. The van der Waals surface area contributed by atoms with Crippen LogP contribution in [0.25, 0.3) is 0 Å². The second-order valence-corrected chi connectivity index (χ2v) is 7.50. The standard InChI is InChI=1S/C16H29N3O5/c1-8-10(19-15(17)18)5-12(14(22)23)24-13(8)9(11(21)7-20)6-16(2,3)4/h5,8-11,13,20-21H,6-7H2,1-4H3,(H,22,23)(H4,17,18,19)/t8-,9-,10+,11-,13?/m1/s1. The molecule has 1 aliphatic heterocycles. The minimum atomic E-state index is -1.23. The maximum absolute atomic E-state index is 11.4. The van der Waals surface area contributed by atoms with E-state index in [2.05, 4.69) is 4.99 Å². The molecule has 7 N–H and O–H groups in total. The third kappa shape index (κ3) is 5.38. The number of nitrogens with zero attached hydrogens (tertiary/aromatic N) is 1. The van der Waals surface area contributed by atoms with Crippen molar-refractivity contribution in [3.8, 4) is 0 Å². The number of nitrogens with two attached hydrogens (primary N) is 2. The van der Waals surface area contributed by atoms with Crippen molar-refractivity contribution in [2.75, 3.05) is 6.61 Å². The van der Waals surface area contributed by atoms with E-state index < -0.39 is 36.7 Å². The summed E-state index contributed by atoms with van der Waals surface area (Å²) in [4.78, 5) is 15.4. The van der Waals surface area contributed by atoms with Crippen molar-refractivity contribution in [3.63, 3.8) is 0 Å². The Labute approximate surface area is 142 Å². The van der Waals surface area contributed by atoms with E-state index in [-0.39, 0.29) is 23.1 Å². The number of aliphatic hydroxyl groups is 2. The monoisotopic (exact) mass is 343 g/mol. The summed E-state index contributed by atoms with van der Waals surface area (Å²) in [5.41, 5.74) is 10.7. The number of aliphatic hydroxyl groups excluding tert-OH is 2. The van der Waals surface area contributed by atoms with Gasteiger partial charge < -0.3 is 31.5 Å². The molecule has 0 spiro atoms. The van der Waals surface area contributed by atoms with E-state index in [4.69, 9.17) is 16.2 Å². The van der Waals surface area contributed by atoms with Crippen LogP contribution < -0.4 is 11.5 Å². The van der Waals surface area contributed by atoms with Crippen LogP contribution in [0, 0.1) is 17.3 Å². The van der Waals surface area contributed by atoms with Crippen LogP contribution in [0.1, 0.15) is 34.1 Å². The summed E-state index contributed by atoms with van der Waals surface area (Å²) in [5, 5.41) is 29.0. The highest BCUT2D eigenvalue weighted by molar-refractivity contribution is 5.85. The normalized spacial score (nSPS) is 26.8. The number of aliphatic carboxylic acids is 1. The number of guanidine groups is 1. The molecule has 0 aliphatic carbocycles. The van der Waals surface area contributed by atoms with Crippen LogP contribution in [0.5, 0.6) is 0 Å². The Morgan fingerprint density at radius 3 is 2.42 bits per heavy atom. The third-order valence-electron chi connectivity index (χ3n) is 4.10. The van der Waals surface area contributed by atoms with E-state index in [1.165, 1.54) is 6.08 Å². The van der Waals surface area contributed by atoms with Gasteiger partial charge in [-0.3, -0.25) is 0 Å². The van der Waals surface area contributed by atoms with Gasteiger partial charge in [-0.1, -0.05) is 27.7 Å². The van der Waals surface area contributed by atoms with Crippen LogP contribution in [0.3, 0.4) is 0 Å². The second kappa shape index (κ2) is 7.85. The van der Waals surface area contributed by atoms with Gasteiger partial charge in [0.25, 0.3) is 0 Å². The topological polar surface area (TPSA) is 151 Å². The Hall–Kier alpha value is -1.80. The lowest BCUT2D eigenvalue weighted by atomic mass is 9.74. The number of carbonyl (C=O) groups is 1. The molecular weight excluding hydrogens is 314 g/mol. The van der Waals surface area contributed by atoms with Gasteiger partial charge >= 0.3 is 5.97 Å². The van der Waals surface area contributed by atoms with Gasteiger partial charge in [-0.05, 0) is 17.9 Å². The van der Waals surface area contributed by atoms with Crippen molar-refractivity contribution < 1.29 is 24.9 Å². The zero-order valence-electron chi connectivity index (χ0n) is 14.6. The Bertz CT molecular complexity index is 508. The fraction of sp³-hybridized carbons (Fsp3) is 0.750. The molecule has 0 aromatic heterocycles. The first-order chi connectivity index (χ1) is 11.0. The molecule has 138 valence electrons. The Morgan fingerprint density at radius 1 is 1.42 bits per heavy atom. The molecule has 24 heavy (non-hydrogen) atoms. The van der Waals surface area contributed by atoms with Crippen molar-refractivity contribution >= 4 is 11.9 Å². The average molecular weight is 343 g/mol. The highest BCUT2D eigenvalue weighted by Crippen LogP contribution is 2.37. The number of aliphatic imine (C=N–C) groups is 1. The van der Waals surface area contributed by atoms with Gasteiger partial charge in [0.2, 0.25) is 5.76 Å². The van der Waals surface area contributed by atoms with Crippen molar-refractivity contribution in [2.24, 2.45) is 33.7 Å². The van der Waals surface area contributed by atoms with Gasteiger partial charge in [-0.2, -0.15) is 0 Å². The summed E-state index contributed by atoms with van der Waals surface area (Å²) in [6.07, 6.45) is 0.216. The number of hydrogen-bond donors (Lipinski definition) is 5. The predicted molar refractivity (Wildman–Crippen MR) is 90.0 cm³/mol. The van der Waals surface area contributed by atoms with Crippen molar-refractivity contribution in [2.45, 2.75) is 52.4 Å². The van der Waals surface area contributed by atoms with Crippen molar-refractivity contribution in [3.05, 3.63) is 11.8 Å². The molecule has 5 atom stereocenters. The maximum Gasteiger partial charge on any atom is 0.370 e. The number of hydrogen-bond acceptors (Lipinski definition) is 5. The van der Waals surface area contributed by atoms with Gasteiger partial charge in [0, 0.05) is 11.8 Å². The fourth-order valence-electron chi connectivity index (χ4n) is 3.03. The van der Waals surface area contributed by atoms with Crippen LogP contribution in [-0.4, -0.2) is 52.1 Å². The lowest BCUT2D eigenvalue weighted by Gasteiger charge is -2.41. The summed E-state index contributed by atoms with van der Waals surface area (Å²) < 4.78 is 5.64. The Morgan fingerprint density at radius 2 is 2.00 bits per heavy atom. The predicted octanol–water partition coefficient (Wildman–Crippen LogP) is 0.0374. The molecule has 0 bridgehead atoms. The molecule has 8 heteroatoms. The molecule has 0 aromatic carbocycles. The van der Waals surface area contributed by atoms with Crippen LogP contribution in [0.15, 0.2) is 16.8 Å². The molecule has 0 saturated heterocycles. The number of carboxylic acid groups (broad SMARTS) is 1. The molecule has 0 saturated carbocycles. The molecule has 1 heterocycles. The summed E-state index contributed by atoms with van der Waals surface area (Å²) in [5.74, 6) is -2.37. The van der Waals surface area contributed by atoms with E-state index >= 15 is 0 Å². The summed E-state index contributed by atoms with van der Waals surface area (Å²) in [6.45, 7) is 7.39. The van der Waals surface area contributed by atoms with Crippen molar-refractivity contribution in [1.82, 2.24) is 0 Å². The van der Waals surface area contributed by atoms with Crippen molar-refractivity contribution in [1.29, 1.82) is 0 Å². The van der Waals surface area contributed by atoms with Gasteiger partial charge in [-0.25, -0.2) is 9.79 Å². The lowest BCUT2D eigenvalue weighted by molar-refractivity contribution is -0.142. The first kappa shape index (κ1) is 20.2. The summed E-state index contributed by atoms with van der Waals surface area (Å²) >= 11 is 0. The minimum Gasteiger partial charge on any atom is -0.483 e. The Balaban J connectivity index is 3.24. The molecule has 0 radical (unpaired) electrons. The smallest absolute Gasteiger partial charge is 0.370 e. The first-order valence-corrected chi connectivity index (χ1v) is 7.95. The van der Waals surface area contributed by atoms with Crippen LogP contribution in [-0.2, 0) is 9.53 Å². The average Bonchev–Trinajstić information content (AvgIpc) is 2.44. The zero-order valence-corrected chi connectivity index (χ0v) is 14.6. The van der Waals surface area contributed by atoms with Crippen LogP contribution in [0.4, 0.5) is 0 Å². The van der Waals surface area contributed by atoms with Crippen LogP contribution >= 0.6 is 0 Å². The van der Waals surface area contributed by atoms with E-state index in [1.807, 2.05) is 27.7 Å². The van der Waals surface area contributed by atoms with E-state index in [1.54, 1.807) is 0 Å². The van der Waals surface area contributed by atoms with Gasteiger partial charge in [0.05, 0.1) is 18.8 Å². The van der Waals surface area contributed by atoms with Gasteiger partial charge in [-0.15, -0.1) is 0 Å². The number of ether oxygens (including phenoxy) is 1. The minimum absolute atomic E-state index is 0.149. The molecule has 1 rings (SSSR count). The Kier molecular flexibility index (Phi) is 6.62. The lowest BCUT2D eigenvalue weighted by Crippen LogP contribution is -2.47. The first-order valence-electron chi connectivity index (χ1n) is 7.95. The molecule has 8 nitrogen and oxygen atoms in total. The van der Waals surface area contributed by atoms with E-state index in [9.17, 15) is 20.1 Å². The maximum atomic E-state index is 11.4. The SMILES string of the molecule is C[C@H]1C([C@H](CC(C)(C)C)[C@H](O)CO)OC(C(=O)O)=C[C@@H]1N=C(N)N. The molecule has 0 aromatic rings.